The monoisotopic (exact) mass is 431 g/mol. The minimum absolute atomic E-state index is 0.0938. The Kier molecular flexibility index (Phi) is 6.35. The van der Waals surface area contributed by atoms with Crippen LogP contribution in [0.2, 0.25) is 0 Å². The molecule has 1 amide bonds. The van der Waals surface area contributed by atoms with Gasteiger partial charge in [-0.25, -0.2) is 4.79 Å². The van der Waals surface area contributed by atoms with E-state index >= 15 is 0 Å². The number of hydrogen-bond donors (Lipinski definition) is 3. The predicted molar refractivity (Wildman–Crippen MR) is 118 cm³/mol. The zero-order valence-corrected chi connectivity index (χ0v) is 19.0. The van der Waals surface area contributed by atoms with E-state index < -0.39 is 11.6 Å². The number of amides is 1. The number of carbonyl (C=O) groups excluding carboxylic acids is 1. The number of nitrogens with one attached hydrogen (secondary N) is 1. The van der Waals surface area contributed by atoms with Gasteiger partial charge in [-0.2, -0.15) is 0 Å². The van der Waals surface area contributed by atoms with Gasteiger partial charge < -0.3 is 25.0 Å². The first-order valence-corrected chi connectivity index (χ1v) is 11.7. The first-order chi connectivity index (χ1) is 14.8. The third-order valence-electron chi connectivity index (χ3n) is 8.07. The quantitative estimate of drug-likeness (QED) is 0.638. The topological polar surface area (TPSA) is 88.0 Å². The molecule has 1 aromatic rings. The van der Waals surface area contributed by atoms with Crippen molar-refractivity contribution in [2.45, 2.75) is 76.9 Å². The fourth-order valence-corrected chi connectivity index (χ4v) is 6.49. The lowest BCUT2D eigenvalue weighted by Gasteiger charge is -2.50. The van der Waals surface area contributed by atoms with Crippen LogP contribution in [0.5, 0.6) is 5.75 Å². The van der Waals surface area contributed by atoms with Crippen LogP contribution >= 0.6 is 0 Å². The van der Waals surface area contributed by atoms with E-state index in [1.807, 2.05) is 12.1 Å². The molecule has 6 heteroatoms. The van der Waals surface area contributed by atoms with Gasteiger partial charge in [0.15, 0.2) is 0 Å². The van der Waals surface area contributed by atoms with Gasteiger partial charge in [0.2, 0.25) is 0 Å². The maximum absolute atomic E-state index is 12.2. The molecule has 5 atom stereocenters. The molecule has 0 spiro atoms. The summed E-state index contributed by atoms with van der Waals surface area (Å²) >= 11 is 0. The lowest BCUT2D eigenvalue weighted by atomic mass is 9.55. The molecule has 2 fully saturated rings. The van der Waals surface area contributed by atoms with E-state index in [-0.39, 0.29) is 24.7 Å². The smallest absolute Gasteiger partial charge is 0.410 e. The number of carbonyl (C=O) groups is 1. The summed E-state index contributed by atoms with van der Waals surface area (Å²) in [6, 6.07) is 6.08. The normalized spacial score (nSPS) is 32.0. The van der Waals surface area contributed by atoms with Gasteiger partial charge in [0, 0.05) is 0 Å². The van der Waals surface area contributed by atoms with Crippen LogP contribution in [0.15, 0.2) is 18.2 Å². The van der Waals surface area contributed by atoms with Crippen LogP contribution in [0.1, 0.15) is 69.9 Å². The molecule has 4 rings (SSSR count). The highest BCUT2D eigenvalue weighted by molar-refractivity contribution is 5.71. The van der Waals surface area contributed by atoms with Crippen LogP contribution in [-0.2, 0) is 11.2 Å². The van der Waals surface area contributed by atoms with E-state index in [4.69, 9.17) is 9.47 Å². The van der Waals surface area contributed by atoms with Crippen LogP contribution in [0, 0.1) is 17.3 Å². The molecule has 0 aliphatic heterocycles. The Balaban J connectivity index is 1.46. The molecule has 2 saturated carbocycles. The maximum atomic E-state index is 12.2. The number of aryl methyl sites for hydroxylation is 1. The van der Waals surface area contributed by atoms with Crippen LogP contribution in [0.3, 0.4) is 0 Å². The molecular weight excluding hydrogens is 394 g/mol. The second-order valence-corrected chi connectivity index (χ2v) is 10.5. The molecule has 0 heterocycles. The molecule has 0 saturated heterocycles. The Bertz CT molecular complexity index is 809. The van der Waals surface area contributed by atoms with Crippen molar-refractivity contribution >= 4 is 6.09 Å². The van der Waals surface area contributed by atoms with Gasteiger partial charge in [-0.3, -0.25) is 0 Å². The van der Waals surface area contributed by atoms with Crippen LogP contribution in [0.4, 0.5) is 4.79 Å². The minimum atomic E-state index is -0.715. The van der Waals surface area contributed by atoms with E-state index in [1.165, 1.54) is 17.5 Å². The molecule has 31 heavy (non-hydrogen) atoms. The van der Waals surface area contributed by atoms with E-state index in [2.05, 4.69) is 18.3 Å². The lowest BCUT2D eigenvalue weighted by Crippen LogP contribution is -2.47. The van der Waals surface area contributed by atoms with Crippen molar-refractivity contribution in [3.63, 3.8) is 0 Å². The molecule has 5 unspecified atom stereocenters. The summed E-state index contributed by atoms with van der Waals surface area (Å²) in [6.45, 7) is 6.29. The molecule has 3 aliphatic carbocycles. The van der Waals surface area contributed by atoms with Crippen molar-refractivity contribution < 1.29 is 24.5 Å². The highest BCUT2D eigenvalue weighted by Crippen LogP contribution is 2.61. The average Bonchev–Trinajstić information content (AvgIpc) is 3.07. The summed E-state index contributed by atoms with van der Waals surface area (Å²) in [6.07, 6.45) is 6.53. The second-order valence-electron chi connectivity index (χ2n) is 10.5. The number of hydrogen-bond acceptors (Lipinski definition) is 5. The van der Waals surface area contributed by atoms with Crippen LogP contribution in [0.25, 0.3) is 0 Å². The third kappa shape index (κ3) is 4.35. The number of aliphatic hydroxyl groups excluding tert-OH is 2. The standard InChI is InChI=1S/C25H37NO5/c1-24(2,15-28)26-23(29)31-17-5-7-18-16(14-17)4-6-20-19(18)10-11-25(3)21(20)8-9-22(25)30-13-12-27/h5,7,14,19-22,27-28H,4,6,8-13,15H2,1-3H3,(H,26,29). The molecule has 3 aliphatic rings. The lowest BCUT2D eigenvalue weighted by molar-refractivity contribution is -0.0710. The van der Waals surface area contributed by atoms with Crippen molar-refractivity contribution in [1.82, 2.24) is 5.32 Å². The van der Waals surface area contributed by atoms with Crippen molar-refractivity contribution in [3.05, 3.63) is 29.3 Å². The number of benzene rings is 1. The predicted octanol–water partition coefficient (Wildman–Crippen LogP) is 3.78. The summed E-state index contributed by atoms with van der Waals surface area (Å²) < 4.78 is 11.5. The number of fused-ring (bicyclic) bond motifs is 5. The van der Waals surface area contributed by atoms with E-state index in [1.54, 1.807) is 13.8 Å². The molecule has 172 valence electrons. The molecule has 3 N–H and O–H groups in total. The molecule has 0 bridgehead atoms. The maximum Gasteiger partial charge on any atom is 0.413 e. The van der Waals surface area contributed by atoms with Gasteiger partial charge in [0.1, 0.15) is 5.75 Å². The zero-order chi connectivity index (χ0) is 22.2. The molecule has 1 aromatic carbocycles. The van der Waals surface area contributed by atoms with Gasteiger partial charge in [-0.05, 0) is 98.8 Å². The van der Waals surface area contributed by atoms with Gasteiger partial charge in [-0.1, -0.05) is 13.0 Å². The summed E-state index contributed by atoms with van der Waals surface area (Å²) in [7, 11) is 0. The second kappa shape index (κ2) is 8.72. The number of ether oxygens (including phenoxy) is 2. The number of aliphatic hydroxyl groups is 2. The zero-order valence-electron chi connectivity index (χ0n) is 19.0. The minimum Gasteiger partial charge on any atom is -0.410 e. The Hall–Kier alpha value is -1.63. The van der Waals surface area contributed by atoms with Crippen LogP contribution < -0.4 is 10.1 Å². The van der Waals surface area contributed by atoms with Gasteiger partial charge in [-0.15, -0.1) is 0 Å². The Labute approximate surface area is 185 Å². The highest BCUT2D eigenvalue weighted by Gasteiger charge is 2.55. The Morgan fingerprint density at radius 2 is 2.03 bits per heavy atom. The fraction of sp³-hybridized carbons (Fsp3) is 0.720. The number of rotatable bonds is 6. The fourth-order valence-electron chi connectivity index (χ4n) is 6.49. The van der Waals surface area contributed by atoms with E-state index in [0.717, 1.165) is 32.1 Å². The first-order valence-electron chi connectivity index (χ1n) is 11.7. The molecule has 0 aromatic heterocycles. The molecule has 0 radical (unpaired) electrons. The molecule has 6 nitrogen and oxygen atoms in total. The SMILES string of the molecule is CC(C)(CO)NC(=O)Oc1ccc2c(c1)CCC1C2CCC2(C)C(OCCO)CCC12. The Morgan fingerprint density at radius 3 is 2.77 bits per heavy atom. The summed E-state index contributed by atoms with van der Waals surface area (Å²) in [5, 5.41) is 21.2. The van der Waals surface area contributed by atoms with Gasteiger partial charge >= 0.3 is 6.09 Å². The van der Waals surface area contributed by atoms with Crippen LogP contribution in [-0.4, -0.2) is 47.8 Å². The summed E-state index contributed by atoms with van der Waals surface area (Å²) in [5.74, 6) is 2.47. The summed E-state index contributed by atoms with van der Waals surface area (Å²) in [4.78, 5) is 12.2. The van der Waals surface area contributed by atoms with E-state index in [9.17, 15) is 15.0 Å². The van der Waals surface area contributed by atoms with Crippen molar-refractivity contribution in [2.75, 3.05) is 19.8 Å². The Morgan fingerprint density at radius 1 is 1.23 bits per heavy atom. The largest absolute Gasteiger partial charge is 0.413 e. The van der Waals surface area contributed by atoms with Crippen molar-refractivity contribution in [3.8, 4) is 5.75 Å². The van der Waals surface area contributed by atoms with E-state index in [0.29, 0.717) is 30.1 Å². The highest BCUT2D eigenvalue weighted by atomic mass is 16.6. The first kappa shape index (κ1) is 22.6. The van der Waals surface area contributed by atoms with Gasteiger partial charge in [0.05, 0.1) is 31.5 Å². The average molecular weight is 432 g/mol. The van der Waals surface area contributed by atoms with Crippen molar-refractivity contribution in [2.24, 2.45) is 17.3 Å². The van der Waals surface area contributed by atoms with Crippen molar-refractivity contribution in [1.29, 1.82) is 0 Å². The third-order valence-corrected chi connectivity index (χ3v) is 8.07. The van der Waals surface area contributed by atoms with Gasteiger partial charge in [0.25, 0.3) is 0 Å². The summed E-state index contributed by atoms with van der Waals surface area (Å²) in [5.41, 5.74) is 2.21. The molecular formula is C25H37NO5.